The Morgan fingerprint density at radius 1 is 0.716 bits per heavy atom. The van der Waals surface area contributed by atoms with Gasteiger partial charge in [0.05, 0.1) is 101 Å². The molecule has 1 aromatic carbocycles. The summed E-state index contributed by atoms with van der Waals surface area (Å²) in [6.07, 6.45) is 6.99. The van der Waals surface area contributed by atoms with Gasteiger partial charge in [0.15, 0.2) is 22.9 Å². The normalized spacial score (nSPS) is 16.2. The van der Waals surface area contributed by atoms with Gasteiger partial charge in [-0.15, -0.1) is 0 Å². The number of aromatic nitrogens is 2. The van der Waals surface area contributed by atoms with Crippen LogP contribution < -0.4 is 31.4 Å². The summed E-state index contributed by atoms with van der Waals surface area (Å²) >= 11 is 0. The van der Waals surface area contributed by atoms with Crippen molar-refractivity contribution in [1.82, 2.24) is 25.1 Å². The summed E-state index contributed by atoms with van der Waals surface area (Å²) in [6.45, 7) is 10.0. The summed E-state index contributed by atoms with van der Waals surface area (Å²) in [5.41, 5.74) is 7.66. The number of ether oxygens (including phenoxy) is 9. The Morgan fingerprint density at radius 2 is 1.36 bits per heavy atom. The van der Waals surface area contributed by atoms with E-state index in [0.717, 1.165) is 34.3 Å². The minimum atomic E-state index is -1.94. The van der Waals surface area contributed by atoms with Crippen LogP contribution in [0, 0.1) is 11.8 Å². The van der Waals surface area contributed by atoms with Crippen molar-refractivity contribution in [1.29, 1.82) is 0 Å². The largest absolute Gasteiger partial charge is 0.458 e. The van der Waals surface area contributed by atoms with Gasteiger partial charge in [-0.3, -0.25) is 43.3 Å². The van der Waals surface area contributed by atoms with Crippen molar-refractivity contribution < 1.29 is 86.1 Å². The number of benzene rings is 1. The van der Waals surface area contributed by atoms with E-state index in [0.29, 0.717) is 133 Å². The number of nitrogens with one attached hydrogen (secondary N) is 2. The number of hydrogen-bond donors (Lipinski definition) is 4. The number of unbranched alkanes of at least 4 members (excludes halogenated alkanes) is 2. The zero-order valence-corrected chi connectivity index (χ0v) is 51.0. The molecule has 4 aliphatic heterocycles. The molecule has 3 aromatic rings. The smallest absolute Gasteiger partial charge is 0.343 e. The molecule has 88 heavy (non-hydrogen) atoms. The molecule has 0 unspecified atom stereocenters. The third-order valence-corrected chi connectivity index (χ3v) is 15.9. The molecule has 0 bridgehead atoms. The third kappa shape index (κ3) is 19.1. The molecule has 482 valence electrons. The van der Waals surface area contributed by atoms with Crippen LogP contribution in [0.3, 0.4) is 0 Å². The van der Waals surface area contributed by atoms with E-state index in [1.807, 2.05) is 26.0 Å². The zero-order valence-electron chi connectivity index (χ0n) is 51.0. The highest BCUT2D eigenvalue weighted by molar-refractivity contribution is 6.13. The van der Waals surface area contributed by atoms with Crippen LogP contribution in [0.15, 0.2) is 35.1 Å². The SMILES string of the molecule is CC[C@@]1(O)C(=O)OCc2c1cc1n(c2=O)Cc2c-1nc1cc3c(cc1c2CCCCOCCOCCNC(=O)CCC(=O)[C@H](CCCCN)NC(=O)[C@@H](CC(=O)CCOCCOCCOCCOCCCC(=O)CCN1C(=O)C=CC1=O)C(C)C)OCO3. The fraction of sp³-hybridized carbons (Fsp3) is 0.619. The number of imide groups is 1. The molecule has 2 aromatic heterocycles. The summed E-state index contributed by atoms with van der Waals surface area (Å²) in [6, 6.07) is 4.62. The summed E-state index contributed by atoms with van der Waals surface area (Å²) in [5, 5.41) is 17.9. The first-order chi connectivity index (χ1) is 42.5. The second kappa shape index (κ2) is 34.8. The van der Waals surface area contributed by atoms with Crippen LogP contribution in [0.2, 0.25) is 0 Å². The summed E-state index contributed by atoms with van der Waals surface area (Å²) < 4.78 is 51.9. The van der Waals surface area contributed by atoms with E-state index in [9.17, 15) is 48.3 Å². The lowest BCUT2D eigenvalue weighted by atomic mass is 9.86. The molecule has 0 radical (unpaired) electrons. The molecule has 7 rings (SSSR count). The predicted molar refractivity (Wildman–Crippen MR) is 318 cm³/mol. The van der Waals surface area contributed by atoms with Crippen LogP contribution in [-0.4, -0.2) is 178 Å². The van der Waals surface area contributed by atoms with Gasteiger partial charge >= 0.3 is 5.97 Å². The Hall–Kier alpha value is -6.84. The van der Waals surface area contributed by atoms with Gasteiger partial charge in [-0.25, -0.2) is 9.78 Å². The average molecular weight is 1230 g/mol. The first-order valence-corrected chi connectivity index (χ1v) is 30.8. The molecule has 25 heteroatoms. The number of aryl methyl sites for hydroxylation is 1. The van der Waals surface area contributed by atoms with Crippen LogP contribution in [0.1, 0.15) is 126 Å². The maximum atomic E-state index is 13.9. The van der Waals surface area contributed by atoms with Gasteiger partial charge in [0.2, 0.25) is 18.6 Å². The van der Waals surface area contributed by atoms with Crippen LogP contribution in [0.25, 0.3) is 22.3 Å². The van der Waals surface area contributed by atoms with E-state index in [2.05, 4.69) is 10.6 Å². The number of esters is 1. The standard InChI is InChI=1S/C63H86N6O19/c1-4-63(79)49-36-52-59-47(38-69(52)61(77)48(49)39-86-62(63)78)44(46-35-54-55(88-40-87-54)37-51(46)66-59)11-6-8-22-80-26-29-83-25-20-65-56(73)14-13-53(72)50(12-5-7-19-64)67-60(76)45(41(2)3)34-43(71)18-24-82-28-31-85-33-32-84-30-27-81-23-9-10-42(70)17-21-68-57(74)15-16-58(68)75/h15-16,35-37,41,45,50,79H,4-14,17-34,38-40,64H2,1-3H3,(H,65,73)(H,67,76)/t45-,50-,63-/m0/s1. The zero-order chi connectivity index (χ0) is 63.0. The molecular formula is C63H86N6O19. The van der Waals surface area contributed by atoms with Crippen LogP contribution in [-0.2, 0) is 96.7 Å². The first-order valence-electron chi connectivity index (χ1n) is 30.8. The number of ketones is 3. The molecule has 0 spiro atoms. The van der Waals surface area contributed by atoms with E-state index in [-0.39, 0.29) is 137 Å². The second-order valence-corrected chi connectivity index (χ2v) is 22.4. The molecule has 0 aliphatic carbocycles. The maximum Gasteiger partial charge on any atom is 0.343 e. The first kappa shape index (κ1) is 68.6. The highest BCUT2D eigenvalue weighted by Crippen LogP contribution is 2.43. The molecule has 4 aliphatic rings. The lowest BCUT2D eigenvalue weighted by Crippen LogP contribution is -2.45. The topological polar surface area (TPSA) is 328 Å². The molecular weight excluding hydrogens is 1140 g/mol. The Morgan fingerprint density at radius 3 is 2.03 bits per heavy atom. The molecule has 25 nitrogen and oxygen atoms in total. The fourth-order valence-electron chi connectivity index (χ4n) is 10.8. The summed E-state index contributed by atoms with van der Waals surface area (Å²) in [7, 11) is 0. The van der Waals surface area contributed by atoms with E-state index in [1.54, 1.807) is 17.6 Å². The van der Waals surface area contributed by atoms with E-state index in [4.69, 9.17) is 53.3 Å². The van der Waals surface area contributed by atoms with Gasteiger partial charge in [0.1, 0.15) is 18.2 Å². The molecule has 0 saturated carbocycles. The number of nitrogens with zero attached hydrogens (tertiary/aromatic N) is 3. The molecule has 6 heterocycles. The van der Waals surface area contributed by atoms with Crippen molar-refractivity contribution in [3.8, 4) is 22.9 Å². The number of rotatable bonds is 44. The minimum Gasteiger partial charge on any atom is -0.458 e. The summed E-state index contributed by atoms with van der Waals surface area (Å²) in [4.78, 5) is 121. The van der Waals surface area contributed by atoms with Crippen molar-refractivity contribution in [2.24, 2.45) is 17.6 Å². The lowest BCUT2D eigenvalue weighted by molar-refractivity contribution is -0.172. The number of carbonyl (C=O) groups excluding carboxylic acids is 8. The van der Waals surface area contributed by atoms with Gasteiger partial charge in [-0.2, -0.15) is 0 Å². The third-order valence-electron chi connectivity index (χ3n) is 15.9. The monoisotopic (exact) mass is 1230 g/mol. The number of aliphatic hydroxyl groups is 1. The van der Waals surface area contributed by atoms with Crippen LogP contribution in [0.4, 0.5) is 0 Å². The highest BCUT2D eigenvalue weighted by atomic mass is 16.7. The van der Waals surface area contributed by atoms with Crippen molar-refractivity contribution in [2.45, 2.75) is 135 Å². The minimum absolute atomic E-state index is 0.0190. The Labute approximate surface area is 511 Å². The van der Waals surface area contributed by atoms with Gasteiger partial charge in [0.25, 0.3) is 17.4 Å². The predicted octanol–water partition coefficient (Wildman–Crippen LogP) is 3.60. The number of hydrogen-bond acceptors (Lipinski definition) is 21. The van der Waals surface area contributed by atoms with Gasteiger partial charge in [0, 0.05) is 105 Å². The van der Waals surface area contributed by atoms with E-state index in [1.165, 1.54) is 12.2 Å². The van der Waals surface area contributed by atoms with Gasteiger partial charge in [-0.1, -0.05) is 20.8 Å². The van der Waals surface area contributed by atoms with Gasteiger partial charge in [-0.05, 0) is 81.5 Å². The molecule has 3 atom stereocenters. The number of pyridine rings is 2. The quantitative estimate of drug-likeness (QED) is 0.0279. The molecule has 5 N–H and O–H groups in total. The van der Waals surface area contributed by atoms with Crippen molar-refractivity contribution in [3.63, 3.8) is 0 Å². The van der Waals surface area contributed by atoms with Crippen LogP contribution >= 0.6 is 0 Å². The number of cyclic esters (lactones) is 1. The average Bonchev–Trinajstić information content (AvgIpc) is 1.50. The Bertz CT molecular complexity index is 3020. The lowest BCUT2D eigenvalue weighted by Gasteiger charge is -2.31. The maximum absolute atomic E-state index is 13.9. The number of fused-ring (bicyclic) bond motifs is 6. The molecule has 0 saturated heterocycles. The molecule has 0 fully saturated rings. The van der Waals surface area contributed by atoms with Crippen molar-refractivity contribution in [2.75, 3.05) is 106 Å². The van der Waals surface area contributed by atoms with E-state index >= 15 is 0 Å². The Kier molecular flexibility index (Phi) is 27.1. The summed E-state index contributed by atoms with van der Waals surface area (Å²) in [5.74, 6) is -2.48. The van der Waals surface area contributed by atoms with Crippen LogP contribution in [0.5, 0.6) is 11.5 Å². The van der Waals surface area contributed by atoms with E-state index < -0.39 is 41.3 Å². The van der Waals surface area contributed by atoms with Crippen molar-refractivity contribution in [3.05, 3.63) is 63.0 Å². The fourth-order valence-corrected chi connectivity index (χ4v) is 10.8. The molecule has 4 amide bonds. The highest BCUT2D eigenvalue weighted by Gasteiger charge is 2.46. The number of nitrogens with two attached hydrogens (primary N) is 1. The van der Waals surface area contributed by atoms with Gasteiger partial charge < -0.3 is 68.7 Å². The van der Waals surface area contributed by atoms with Crippen molar-refractivity contribution >= 4 is 57.9 Å². The number of amides is 4. The number of Topliss-reactive ketones (excluding diaryl/α,β-unsaturated/α-hetero) is 3. The second-order valence-electron chi connectivity index (χ2n) is 22.4. The Balaban J connectivity index is 0.720. The number of carbonyl (C=O) groups is 8.